The van der Waals surface area contributed by atoms with Gasteiger partial charge in [-0.3, -0.25) is 0 Å². The van der Waals surface area contributed by atoms with Gasteiger partial charge in [-0.25, -0.2) is 0 Å². The average Bonchev–Trinajstić information content (AvgIpc) is 2.25. The SMILES string of the molecule is Cl.Clc1ccc(OC2CCCNC2)cc1Cl. The third kappa shape index (κ3) is 3.70. The van der Waals surface area contributed by atoms with Crippen LogP contribution < -0.4 is 10.1 Å². The molecule has 1 aliphatic rings. The first kappa shape index (κ1) is 13.9. The Morgan fingerprint density at radius 3 is 2.69 bits per heavy atom. The summed E-state index contributed by atoms with van der Waals surface area (Å²) < 4.78 is 5.79. The molecule has 0 amide bonds. The van der Waals surface area contributed by atoms with Crippen molar-refractivity contribution < 1.29 is 4.74 Å². The van der Waals surface area contributed by atoms with E-state index in [9.17, 15) is 0 Å². The Hall–Kier alpha value is -0.150. The number of halogens is 3. The zero-order chi connectivity index (χ0) is 10.7. The Bertz CT molecular complexity index is 340. The van der Waals surface area contributed by atoms with Crippen LogP contribution in [0.3, 0.4) is 0 Å². The smallest absolute Gasteiger partial charge is 0.121 e. The predicted molar refractivity (Wildman–Crippen MR) is 70.2 cm³/mol. The molecule has 16 heavy (non-hydrogen) atoms. The molecule has 90 valence electrons. The van der Waals surface area contributed by atoms with E-state index in [4.69, 9.17) is 27.9 Å². The number of ether oxygens (including phenoxy) is 1. The van der Waals surface area contributed by atoms with Crippen molar-refractivity contribution in [1.82, 2.24) is 5.32 Å². The summed E-state index contributed by atoms with van der Waals surface area (Å²) in [4.78, 5) is 0. The van der Waals surface area contributed by atoms with Gasteiger partial charge in [-0.2, -0.15) is 0 Å². The highest BCUT2D eigenvalue weighted by Gasteiger charge is 2.14. The van der Waals surface area contributed by atoms with Crippen LogP contribution in [0.2, 0.25) is 10.0 Å². The van der Waals surface area contributed by atoms with Crippen LogP contribution in [0.4, 0.5) is 0 Å². The molecule has 5 heteroatoms. The lowest BCUT2D eigenvalue weighted by molar-refractivity contribution is 0.167. The summed E-state index contributed by atoms with van der Waals surface area (Å²) in [6.07, 6.45) is 2.50. The summed E-state index contributed by atoms with van der Waals surface area (Å²) >= 11 is 11.7. The van der Waals surface area contributed by atoms with Crippen LogP contribution in [0.1, 0.15) is 12.8 Å². The van der Waals surface area contributed by atoms with Gasteiger partial charge in [0.05, 0.1) is 10.0 Å². The van der Waals surface area contributed by atoms with Crippen molar-refractivity contribution >= 4 is 35.6 Å². The van der Waals surface area contributed by atoms with Gasteiger partial charge in [-0.05, 0) is 31.5 Å². The van der Waals surface area contributed by atoms with E-state index in [2.05, 4.69) is 5.32 Å². The Balaban J connectivity index is 0.00000128. The van der Waals surface area contributed by atoms with Gasteiger partial charge >= 0.3 is 0 Å². The second kappa shape index (κ2) is 6.55. The van der Waals surface area contributed by atoms with Crippen LogP contribution in [-0.2, 0) is 0 Å². The molecule has 1 unspecified atom stereocenters. The number of rotatable bonds is 2. The van der Waals surface area contributed by atoms with Crippen molar-refractivity contribution in [3.8, 4) is 5.75 Å². The van der Waals surface area contributed by atoms with Gasteiger partial charge in [-0.1, -0.05) is 23.2 Å². The largest absolute Gasteiger partial charge is 0.489 e. The maximum absolute atomic E-state index is 5.90. The molecule has 1 aromatic carbocycles. The highest BCUT2D eigenvalue weighted by Crippen LogP contribution is 2.27. The van der Waals surface area contributed by atoms with Crippen molar-refractivity contribution in [3.05, 3.63) is 28.2 Å². The zero-order valence-corrected chi connectivity index (χ0v) is 11.0. The van der Waals surface area contributed by atoms with Crippen LogP contribution in [0, 0.1) is 0 Å². The van der Waals surface area contributed by atoms with E-state index in [1.54, 1.807) is 12.1 Å². The second-order valence-corrected chi connectivity index (χ2v) is 4.48. The van der Waals surface area contributed by atoms with E-state index in [0.29, 0.717) is 10.0 Å². The van der Waals surface area contributed by atoms with E-state index in [1.165, 1.54) is 0 Å². The lowest BCUT2D eigenvalue weighted by Crippen LogP contribution is -2.37. The van der Waals surface area contributed by atoms with E-state index >= 15 is 0 Å². The first-order valence-electron chi connectivity index (χ1n) is 5.08. The molecule has 1 N–H and O–H groups in total. The minimum absolute atomic E-state index is 0. The number of hydrogen-bond donors (Lipinski definition) is 1. The zero-order valence-electron chi connectivity index (χ0n) is 8.71. The van der Waals surface area contributed by atoms with Gasteiger partial charge in [0.25, 0.3) is 0 Å². The topological polar surface area (TPSA) is 21.3 Å². The highest BCUT2D eigenvalue weighted by molar-refractivity contribution is 6.42. The molecule has 1 aromatic rings. The summed E-state index contributed by atoms with van der Waals surface area (Å²) in [6.45, 7) is 1.99. The van der Waals surface area contributed by atoms with Crippen LogP contribution >= 0.6 is 35.6 Å². The molecule has 1 atom stereocenters. The molecule has 0 bridgehead atoms. The van der Waals surface area contributed by atoms with Crippen LogP contribution in [0.5, 0.6) is 5.75 Å². The molecule has 0 radical (unpaired) electrons. The van der Waals surface area contributed by atoms with E-state index in [0.717, 1.165) is 31.7 Å². The fraction of sp³-hybridized carbons (Fsp3) is 0.455. The Labute approximate surface area is 112 Å². The maximum Gasteiger partial charge on any atom is 0.121 e. The van der Waals surface area contributed by atoms with Gasteiger partial charge < -0.3 is 10.1 Å². The Morgan fingerprint density at radius 2 is 2.06 bits per heavy atom. The Kier molecular flexibility index (Phi) is 5.70. The third-order valence-corrected chi connectivity index (χ3v) is 3.18. The standard InChI is InChI=1S/C11H13Cl2NO.ClH/c12-10-4-3-8(6-11(10)13)15-9-2-1-5-14-7-9;/h3-4,6,9,14H,1-2,5,7H2;1H. The van der Waals surface area contributed by atoms with Crippen LogP contribution in [0.25, 0.3) is 0 Å². The van der Waals surface area contributed by atoms with E-state index in [1.807, 2.05) is 6.07 Å². The molecule has 2 rings (SSSR count). The minimum atomic E-state index is 0. The van der Waals surface area contributed by atoms with Gasteiger partial charge in [0.2, 0.25) is 0 Å². The third-order valence-electron chi connectivity index (χ3n) is 2.45. The van der Waals surface area contributed by atoms with Crippen molar-refractivity contribution in [2.24, 2.45) is 0 Å². The fourth-order valence-electron chi connectivity index (χ4n) is 1.66. The second-order valence-electron chi connectivity index (χ2n) is 3.66. The molecule has 0 spiro atoms. The van der Waals surface area contributed by atoms with Crippen molar-refractivity contribution in [1.29, 1.82) is 0 Å². The normalized spacial score (nSPS) is 20.0. The number of benzene rings is 1. The Morgan fingerprint density at radius 1 is 1.25 bits per heavy atom. The van der Waals surface area contributed by atoms with Crippen molar-refractivity contribution in [2.75, 3.05) is 13.1 Å². The summed E-state index contributed by atoms with van der Waals surface area (Å²) in [5.74, 6) is 0.790. The number of nitrogens with one attached hydrogen (secondary N) is 1. The lowest BCUT2D eigenvalue weighted by Gasteiger charge is -2.24. The minimum Gasteiger partial charge on any atom is -0.489 e. The van der Waals surface area contributed by atoms with Crippen LogP contribution in [-0.4, -0.2) is 19.2 Å². The van der Waals surface area contributed by atoms with Gasteiger partial charge in [0.15, 0.2) is 0 Å². The molecular formula is C11H14Cl3NO. The average molecular weight is 283 g/mol. The van der Waals surface area contributed by atoms with Gasteiger partial charge in [-0.15, -0.1) is 12.4 Å². The first-order chi connectivity index (χ1) is 7.25. The summed E-state index contributed by atoms with van der Waals surface area (Å²) in [7, 11) is 0. The van der Waals surface area contributed by atoms with Crippen molar-refractivity contribution in [3.63, 3.8) is 0 Å². The predicted octanol–water partition coefficient (Wildman–Crippen LogP) is 3.55. The molecule has 1 heterocycles. The van der Waals surface area contributed by atoms with E-state index in [-0.39, 0.29) is 18.5 Å². The molecule has 0 saturated carbocycles. The molecular weight excluding hydrogens is 268 g/mol. The molecule has 1 saturated heterocycles. The molecule has 1 aliphatic heterocycles. The van der Waals surface area contributed by atoms with Crippen LogP contribution in [0.15, 0.2) is 18.2 Å². The quantitative estimate of drug-likeness (QED) is 0.896. The molecule has 2 nitrogen and oxygen atoms in total. The molecule has 0 aromatic heterocycles. The summed E-state index contributed by atoms with van der Waals surface area (Å²) in [5.41, 5.74) is 0. The van der Waals surface area contributed by atoms with Gasteiger partial charge in [0.1, 0.15) is 11.9 Å². The number of piperidine rings is 1. The maximum atomic E-state index is 5.90. The van der Waals surface area contributed by atoms with Gasteiger partial charge in [0, 0.05) is 12.6 Å². The fourth-order valence-corrected chi connectivity index (χ4v) is 1.95. The summed E-state index contributed by atoms with van der Waals surface area (Å²) in [5, 5.41) is 4.40. The molecule has 0 aliphatic carbocycles. The van der Waals surface area contributed by atoms with E-state index < -0.39 is 0 Å². The number of hydrogen-bond acceptors (Lipinski definition) is 2. The summed E-state index contributed by atoms with van der Waals surface area (Å²) in [6, 6.07) is 5.37. The van der Waals surface area contributed by atoms with Crippen molar-refractivity contribution in [2.45, 2.75) is 18.9 Å². The first-order valence-corrected chi connectivity index (χ1v) is 5.84. The highest BCUT2D eigenvalue weighted by atomic mass is 35.5. The monoisotopic (exact) mass is 281 g/mol. The lowest BCUT2D eigenvalue weighted by atomic mass is 10.1. The molecule has 1 fully saturated rings.